The fraction of sp³-hybridized carbons (Fsp3) is 0.525. The molecule has 4 aliphatic heterocycles. The van der Waals surface area contributed by atoms with E-state index in [4.69, 9.17) is 32.9 Å². The molecule has 7 N–H and O–H groups in total. The number of anilines is 1. The first-order valence-electron chi connectivity index (χ1n) is 38.5. The summed E-state index contributed by atoms with van der Waals surface area (Å²) in [6.07, 6.45) is 2.13. The quantitative estimate of drug-likeness (QED) is 0.0110. The van der Waals surface area contributed by atoms with Crippen molar-refractivity contribution < 1.29 is 65.5 Å². The first-order chi connectivity index (χ1) is 51.8. The van der Waals surface area contributed by atoms with Crippen LogP contribution in [0.5, 0.6) is 0 Å². The summed E-state index contributed by atoms with van der Waals surface area (Å²) in [4.78, 5) is 138. The highest BCUT2D eigenvalue weighted by Crippen LogP contribution is 2.51. The number of H-pyrrole nitrogens is 1. The zero-order chi connectivity index (χ0) is 76.9. The van der Waals surface area contributed by atoms with E-state index in [-0.39, 0.29) is 128 Å². The fourth-order valence-electron chi connectivity index (χ4n) is 16.8. The molecule has 0 radical (unpaired) electrons. The Kier molecular flexibility index (Phi) is 25.0. The van der Waals surface area contributed by atoms with E-state index in [2.05, 4.69) is 98.8 Å². The number of likely N-dealkylation sites (tertiary alicyclic amines) is 2. The molecule has 0 spiro atoms. The van der Waals surface area contributed by atoms with Gasteiger partial charge in [-0.25, -0.2) is 14.6 Å². The Morgan fingerprint density at radius 3 is 1.77 bits per heavy atom. The number of aromatic nitrogens is 3. The van der Waals surface area contributed by atoms with Crippen molar-refractivity contribution in [3.63, 3.8) is 0 Å². The molecule has 0 bridgehead atoms. The molecule has 4 saturated heterocycles. The average molecular weight is 1530 g/mol. The summed E-state index contributed by atoms with van der Waals surface area (Å²) in [7, 11) is -5.85. The van der Waals surface area contributed by atoms with Crippen LogP contribution < -0.4 is 32.6 Å². The van der Waals surface area contributed by atoms with Crippen LogP contribution in [0.15, 0.2) is 108 Å². The molecular formula is C80H104N10O15SSi2. The fourth-order valence-corrected chi connectivity index (χ4v) is 28.9. The number of esters is 1. The van der Waals surface area contributed by atoms with Gasteiger partial charge in [0, 0.05) is 74.3 Å². The summed E-state index contributed by atoms with van der Waals surface area (Å²) < 4.78 is 41.9. The molecule has 12 rings (SSSR count). The topological polar surface area (TPSA) is 323 Å². The van der Waals surface area contributed by atoms with Crippen molar-refractivity contribution in [3.8, 4) is 22.3 Å². The van der Waals surface area contributed by atoms with Gasteiger partial charge in [-0.3, -0.25) is 42.5 Å². The van der Waals surface area contributed by atoms with Gasteiger partial charge in [0.05, 0.1) is 18.8 Å². The molecular weight excluding hydrogens is 1430 g/mol. The van der Waals surface area contributed by atoms with Gasteiger partial charge in [-0.05, 0) is 137 Å². The van der Waals surface area contributed by atoms with Crippen molar-refractivity contribution in [2.75, 3.05) is 50.9 Å². The Hall–Kier alpha value is -8.52. The maximum Gasteiger partial charge on any atom is 0.407 e. The number of carbonyl (C=O) groups excluding carboxylic acids is 8. The third kappa shape index (κ3) is 16.5. The predicted molar refractivity (Wildman–Crippen MR) is 416 cm³/mol. The van der Waals surface area contributed by atoms with Crippen molar-refractivity contribution in [1.82, 2.24) is 45.0 Å². The van der Waals surface area contributed by atoms with E-state index in [1.807, 2.05) is 98.0 Å². The number of nitrogen functional groups attached to an aromatic ring is 1. The Bertz CT molecular complexity index is 4290. The molecule has 0 saturated carbocycles. The van der Waals surface area contributed by atoms with Crippen LogP contribution in [-0.4, -0.2) is 176 Å². The maximum atomic E-state index is 15.2. The minimum absolute atomic E-state index is 0.0370. The number of alkyl carbamates (subject to hydrolysis) is 1. The lowest BCUT2D eigenvalue weighted by atomic mass is 9.98. The van der Waals surface area contributed by atoms with Gasteiger partial charge < -0.3 is 64.0 Å². The molecule has 4 aromatic carbocycles. The third-order valence-corrected chi connectivity index (χ3v) is 33.8. The van der Waals surface area contributed by atoms with Crippen LogP contribution in [-0.2, 0) is 60.7 Å². The summed E-state index contributed by atoms with van der Waals surface area (Å²) in [6.45, 7) is 21.8. The molecule has 2 aliphatic carbocycles. The van der Waals surface area contributed by atoms with Crippen molar-refractivity contribution in [2.45, 2.75) is 222 Å². The Labute approximate surface area is 637 Å². The van der Waals surface area contributed by atoms with Gasteiger partial charge in [0.25, 0.3) is 5.56 Å². The first kappa shape index (κ1) is 79.0. The molecule has 6 heterocycles. The second kappa shape index (κ2) is 34.2. The lowest BCUT2D eigenvalue weighted by molar-refractivity contribution is -0.154. The average Bonchev–Trinajstić information content (AvgIpc) is 1.40. The van der Waals surface area contributed by atoms with Crippen LogP contribution in [0.2, 0.25) is 22.2 Å². The van der Waals surface area contributed by atoms with E-state index < -0.39 is 107 Å². The molecule has 8 atom stereocenters. The van der Waals surface area contributed by atoms with Gasteiger partial charge in [0.15, 0.2) is 0 Å². The van der Waals surface area contributed by atoms with Crippen LogP contribution in [0.4, 0.5) is 10.7 Å². The van der Waals surface area contributed by atoms with Gasteiger partial charge in [-0.2, -0.15) is 0 Å². The van der Waals surface area contributed by atoms with Crippen LogP contribution in [0.25, 0.3) is 33.3 Å². The number of unbranched alkanes of at least 4 members (excludes halogenated alkanes) is 1. The molecule has 28 heteroatoms. The van der Waals surface area contributed by atoms with Gasteiger partial charge in [-0.1, -0.05) is 159 Å². The molecule has 108 heavy (non-hydrogen) atoms. The molecule has 6 amide bonds. The second-order valence-electron chi connectivity index (χ2n) is 30.7. The summed E-state index contributed by atoms with van der Waals surface area (Å²) in [5.41, 5.74) is 15.7. The predicted octanol–water partition coefficient (Wildman–Crippen LogP) is 10.9. The second-order valence-corrected chi connectivity index (χ2v) is 40.7. The lowest BCUT2D eigenvalue weighted by Gasteiger charge is -2.51. The zero-order valence-electron chi connectivity index (χ0n) is 63.5. The number of ether oxygens (including phenoxy) is 3. The van der Waals surface area contributed by atoms with E-state index in [0.29, 0.717) is 56.0 Å². The van der Waals surface area contributed by atoms with E-state index in [0.717, 1.165) is 44.5 Å². The number of nitrogens with one attached hydrogen (secondary N) is 5. The number of hydrogen-bond donors (Lipinski definition) is 6. The summed E-state index contributed by atoms with van der Waals surface area (Å²) >= 11 is 1.23. The Balaban J connectivity index is 0.716. The number of rotatable bonds is 29. The van der Waals surface area contributed by atoms with Crippen molar-refractivity contribution >= 4 is 93.4 Å². The highest BCUT2D eigenvalue weighted by Gasteiger charge is 2.60. The number of carbonyl (C=O) groups is 8. The minimum Gasteiger partial charge on any atom is -0.459 e. The summed E-state index contributed by atoms with van der Waals surface area (Å²) in [5.74, 6) is -5.47. The van der Waals surface area contributed by atoms with Gasteiger partial charge in [-0.15, -0.1) is 0 Å². The highest BCUT2D eigenvalue weighted by atomic mass is 32.2. The van der Waals surface area contributed by atoms with E-state index >= 15 is 4.79 Å². The largest absolute Gasteiger partial charge is 0.459 e. The molecule has 2 aromatic heterocycles. The van der Waals surface area contributed by atoms with Gasteiger partial charge in [0.1, 0.15) is 54.5 Å². The first-order valence-corrected chi connectivity index (χ1v) is 43.4. The van der Waals surface area contributed by atoms with Gasteiger partial charge >= 0.3 is 29.2 Å². The van der Waals surface area contributed by atoms with Crippen LogP contribution in [0.1, 0.15) is 186 Å². The number of benzene rings is 4. The van der Waals surface area contributed by atoms with E-state index in [9.17, 15) is 38.4 Å². The number of nitrogens with two attached hydrogens (primary N) is 1. The van der Waals surface area contributed by atoms with E-state index in [1.54, 1.807) is 10.9 Å². The number of amides is 6. The highest BCUT2D eigenvalue weighted by molar-refractivity contribution is 7.98. The van der Waals surface area contributed by atoms with Crippen molar-refractivity contribution in [3.05, 3.63) is 141 Å². The molecule has 6 unspecified atom stereocenters. The van der Waals surface area contributed by atoms with Crippen molar-refractivity contribution in [1.29, 1.82) is 0 Å². The summed E-state index contributed by atoms with van der Waals surface area (Å²) in [5, 5.41) is 11.4. The van der Waals surface area contributed by atoms with Crippen LogP contribution in [0, 0.1) is 0 Å². The van der Waals surface area contributed by atoms with Crippen molar-refractivity contribution in [2.24, 2.45) is 0 Å². The standard InChI is InChI=1S/C80H104N10O15SSi2/c1-11-50(10)83-73(93)63(40-66(91)78(98)100-43-60-55-28-16-12-24-51(55)52-25-13-17-29-56(52)60)85-75(95)65-34-23-38-89(65)77(97)62(32-20-21-36-82-80(99)101-44-61-57-30-18-14-26-53(57)54-27-15-19-31-58(54)61)84-74(94)64-33-22-37-88(64)70(92)35-39-106-90-42-59(71-72(90)76(96)87-79(81)86-71)67-41-68-69(103-67)45-102-107(46(2)3,47(4)5)105-108(104-68,48(6)7)49(8)9/h12-19,24-31,42,46-50,60-65,67-69H,11,20-23,32-41,43-45H2,1-10H3,(H,82,99)(H,83,93)(H,84,94)(H,85,95)(H3,81,86,87,96)/t50?,62?,63?,64?,65?,67-,68?,69-/m1/s1. The Morgan fingerprint density at radius 2 is 1.20 bits per heavy atom. The number of nitrogens with zero attached hydrogens (tertiary/aromatic N) is 4. The zero-order valence-corrected chi connectivity index (χ0v) is 66.3. The van der Waals surface area contributed by atoms with E-state index in [1.165, 1.54) is 21.7 Å². The lowest BCUT2D eigenvalue weighted by Crippen LogP contribution is -2.65. The summed E-state index contributed by atoms with van der Waals surface area (Å²) in [6, 6.07) is 26.4. The number of ketones is 1. The molecule has 6 aromatic rings. The smallest absolute Gasteiger partial charge is 0.407 e. The number of aromatic amines is 1. The normalized spacial score (nSPS) is 20.8. The number of Topliss-reactive ketones (excluding diaryl/α,β-unsaturated/α-hetero) is 1. The number of hydrogen-bond acceptors (Lipinski definition) is 18. The molecule has 578 valence electrons. The number of fused-ring (bicyclic) bond motifs is 8. The minimum atomic E-state index is -2.98. The molecule has 6 aliphatic rings. The van der Waals surface area contributed by atoms with Crippen LogP contribution >= 0.6 is 11.9 Å². The Morgan fingerprint density at radius 1 is 0.667 bits per heavy atom. The van der Waals surface area contributed by atoms with Crippen LogP contribution in [0.3, 0.4) is 0 Å². The third-order valence-electron chi connectivity index (χ3n) is 22.6. The molecule has 25 nitrogen and oxygen atoms in total. The molecule has 4 fully saturated rings. The van der Waals surface area contributed by atoms with Gasteiger partial charge in [0.2, 0.25) is 41.3 Å². The SMILES string of the molecule is CCC(C)NC(=O)C(CC(=O)C(=O)OCC1c2ccccc2-c2ccccc21)NC(=O)C1CCCN1C(=O)C(CCCCNC(=O)OCC1c2ccccc2-c2ccccc21)NC(=O)C1CCCN1C(=O)CCSn1cc([C@H]2CC3O[Si](C(C)C)(C(C)C)O[Si](C(C)C)(C(C)C)OC[C@H]3O2)c2nc(N)[nH]c(=O)c21. The monoisotopic (exact) mass is 1530 g/mol. The maximum absolute atomic E-state index is 15.2.